The highest BCUT2D eigenvalue weighted by Crippen LogP contribution is 2.44. The number of rotatable bonds is 6. The van der Waals surface area contributed by atoms with E-state index >= 15 is 4.39 Å². The van der Waals surface area contributed by atoms with E-state index in [-0.39, 0.29) is 0 Å². The molecule has 5 heterocycles. The van der Waals surface area contributed by atoms with Crippen molar-refractivity contribution in [2.75, 3.05) is 4.90 Å². The van der Waals surface area contributed by atoms with E-state index in [2.05, 4.69) is 172 Å². The monoisotopic (exact) mass is 839 g/mol. The summed E-state index contributed by atoms with van der Waals surface area (Å²) in [5.74, 6) is 0.775. The highest BCUT2D eigenvalue weighted by molar-refractivity contribution is 7.22. The van der Waals surface area contributed by atoms with Crippen molar-refractivity contribution in [3.05, 3.63) is 236 Å². The molecule has 1 aliphatic rings. The summed E-state index contributed by atoms with van der Waals surface area (Å²) in [5.41, 5.74) is 8.37. The number of anilines is 3. The van der Waals surface area contributed by atoms with Gasteiger partial charge in [-0.2, -0.15) is 0 Å². The maximum absolute atomic E-state index is 17.5. The highest BCUT2D eigenvalue weighted by Gasteiger charge is 2.50. The third-order valence-corrected chi connectivity index (χ3v) is 18.3. The van der Waals surface area contributed by atoms with Crippen molar-refractivity contribution >= 4 is 95.0 Å². The Morgan fingerprint density at radius 1 is 0.469 bits per heavy atom. The van der Waals surface area contributed by atoms with Gasteiger partial charge in [0.25, 0.3) is 0 Å². The molecule has 0 saturated carbocycles. The van der Waals surface area contributed by atoms with Crippen molar-refractivity contribution in [3.63, 3.8) is 0 Å². The second kappa shape index (κ2) is 14.2. The van der Waals surface area contributed by atoms with Crippen molar-refractivity contribution in [2.45, 2.75) is 6.17 Å². The Kier molecular flexibility index (Phi) is 8.10. The van der Waals surface area contributed by atoms with Crippen LogP contribution in [0.4, 0.5) is 21.5 Å². The van der Waals surface area contributed by atoms with Gasteiger partial charge in [0.05, 0.1) is 16.6 Å². The summed E-state index contributed by atoms with van der Waals surface area (Å²) in [6, 6.07) is 73.0. The van der Waals surface area contributed by atoms with Crippen LogP contribution >= 0.6 is 0 Å². The van der Waals surface area contributed by atoms with Crippen LogP contribution in [0.1, 0.15) is 17.3 Å². The van der Waals surface area contributed by atoms with Gasteiger partial charge in [-0.15, -0.1) is 0 Å². The van der Waals surface area contributed by atoms with Crippen molar-refractivity contribution in [2.24, 2.45) is 0 Å². The van der Waals surface area contributed by atoms with Gasteiger partial charge in [-0.25, -0.2) is 14.4 Å². The standard InChI is InChI=1S/C57H38FN5Si/c58-55(38-27-29-43-44-22-10-11-23-47(44)61-35-34-60-57(61)46(43)36-38)39-28-30-45-51(37-39)63(53-26-14-15-33-59-53)49-31-32-50-56(54(45)49)64(41-18-6-2-7-19-41,42-20-8-3-9-21-42)52-25-13-12-24-48(52)62(50)40-16-4-1-5-17-40/h1-37,55H. The second-order valence-electron chi connectivity index (χ2n) is 16.6. The molecule has 0 bridgehead atoms. The lowest BCUT2D eigenvalue weighted by Crippen LogP contribution is -2.77. The third-order valence-electron chi connectivity index (χ3n) is 13.4. The Morgan fingerprint density at radius 3 is 1.91 bits per heavy atom. The molecule has 0 spiro atoms. The molecule has 7 heteroatoms. The van der Waals surface area contributed by atoms with Gasteiger partial charge in [0, 0.05) is 57.2 Å². The summed E-state index contributed by atoms with van der Waals surface area (Å²) < 4.78 is 21.9. The van der Waals surface area contributed by atoms with Gasteiger partial charge in [0.15, 0.2) is 14.2 Å². The van der Waals surface area contributed by atoms with E-state index in [1.807, 2.05) is 67.1 Å². The lowest BCUT2D eigenvalue weighted by Gasteiger charge is -2.45. The molecule has 0 amide bonds. The van der Waals surface area contributed by atoms with Crippen LogP contribution in [0, 0.1) is 0 Å². The molecule has 0 radical (unpaired) electrons. The zero-order valence-corrected chi connectivity index (χ0v) is 35.6. The van der Waals surface area contributed by atoms with Gasteiger partial charge in [0.2, 0.25) is 0 Å². The van der Waals surface area contributed by atoms with Crippen molar-refractivity contribution in [1.29, 1.82) is 0 Å². The number of benzene rings is 8. The van der Waals surface area contributed by atoms with Crippen LogP contribution in [0.15, 0.2) is 225 Å². The quantitative estimate of drug-likeness (QED) is 0.124. The fourth-order valence-electron chi connectivity index (χ4n) is 10.8. The Balaban J connectivity index is 1.12. The predicted molar refractivity (Wildman–Crippen MR) is 264 cm³/mol. The minimum absolute atomic E-state index is 0.576. The van der Waals surface area contributed by atoms with E-state index in [0.29, 0.717) is 11.1 Å². The van der Waals surface area contributed by atoms with Crippen LogP contribution in [0.2, 0.25) is 0 Å². The fourth-order valence-corrected chi connectivity index (χ4v) is 16.1. The van der Waals surface area contributed by atoms with Gasteiger partial charge in [-0.05, 0) is 97.9 Å². The zero-order valence-electron chi connectivity index (χ0n) is 34.6. The molecule has 302 valence electrons. The number of para-hydroxylation sites is 3. The largest absolute Gasteiger partial charge is 0.311 e. The lowest BCUT2D eigenvalue weighted by atomic mass is 9.97. The molecular formula is C57H38FN5Si. The first-order chi connectivity index (χ1) is 31.7. The summed E-state index contributed by atoms with van der Waals surface area (Å²) in [4.78, 5) is 12.1. The molecular weight excluding hydrogens is 802 g/mol. The first-order valence-corrected chi connectivity index (χ1v) is 23.7. The van der Waals surface area contributed by atoms with Crippen molar-refractivity contribution in [3.8, 4) is 5.82 Å². The predicted octanol–water partition coefficient (Wildman–Crippen LogP) is 11.4. The third kappa shape index (κ3) is 5.16. The average Bonchev–Trinajstić information content (AvgIpc) is 4.00. The topological polar surface area (TPSA) is 38.4 Å². The average molecular weight is 840 g/mol. The van der Waals surface area contributed by atoms with Gasteiger partial charge in [0.1, 0.15) is 11.5 Å². The summed E-state index contributed by atoms with van der Waals surface area (Å²) in [6.45, 7) is 0. The van der Waals surface area contributed by atoms with Crippen LogP contribution in [0.25, 0.3) is 54.9 Å². The lowest BCUT2D eigenvalue weighted by molar-refractivity contribution is 0.402. The maximum Gasteiger partial charge on any atom is 0.184 e. The van der Waals surface area contributed by atoms with Crippen LogP contribution < -0.4 is 25.6 Å². The van der Waals surface area contributed by atoms with Crippen LogP contribution in [0.5, 0.6) is 0 Å². The normalized spacial score (nSPS) is 13.7. The fraction of sp³-hybridized carbons (Fsp3) is 0.0175. The van der Waals surface area contributed by atoms with Crippen LogP contribution in [-0.2, 0) is 0 Å². The van der Waals surface area contributed by atoms with Gasteiger partial charge >= 0.3 is 0 Å². The van der Waals surface area contributed by atoms with E-state index in [1.54, 1.807) is 0 Å². The van der Waals surface area contributed by atoms with Crippen LogP contribution in [-0.4, -0.2) is 27.0 Å². The number of hydrogen-bond acceptors (Lipinski definition) is 3. The van der Waals surface area contributed by atoms with E-state index in [0.717, 1.165) is 66.3 Å². The Bertz CT molecular complexity index is 3720. The first-order valence-electron chi connectivity index (χ1n) is 21.7. The molecule has 1 unspecified atom stereocenters. The molecule has 1 atom stereocenters. The molecule has 0 N–H and O–H groups in total. The molecule has 12 aromatic rings. The van der Waals surface area contributed by atoms with Crippen LogP contribution in [0.3, 0.4) is 0 Å². The SMILES string of the molecule is FC(c1ccc2c3ccccc3n3ccnc3c2c1)c1ccc2c3c4c(ccc3n(-c3ccccn3)c2c1)N(c1ccccc1)c1ccccc1[Si]4(c1ccccc1)c1ccccc1. The number of alkyl halides is 1. The highest BCUT2D eigenvalue weighted by atomic mass is 28.3. The Hall–Kier alpha value is -8.13. The number of hydrogen-bond donors (Lipinski definition) is 0. The number of nitrogens with zero attached hydrogens (tertiary/aromatic N) is 5. The van der Waals surface area contributed by atoms with Gasteiger partial charge < -0.3 is 4.90 Å². The molecule has 0 fully saturated rings. The van der Waals surface area contributed by atoms with E-state index in [1.165, 1.54) is 26.4 Å². The van der Waals surface area contributed by atoms with E-state index in [4.69, 9.17) is 9.97 Å². The molecule has 5 nitrogen and oxygen atoms in total. The van der Waals surface area contributed by atoms with E-state index in [9.17, 15) is 0 Å². The molecule has 0 aliphatic carbocycles. The number of fused-ring (bicyclic) bond motifs is 12. The minimum Gasteiger partial charge on any atom is -0.311 e. The summed E-state index contributed by atoms with van der Waals surface area (Å²) in [6.07, 6.45) is 4.23. The summed E-state index contributed by atoms with van der Waals surface area (Å²) >= 11 is 0. The molecule has 1 aliphatic heterocycles. The number of halogens is 1. The Morgan fingerprint density at radius 2 is 1.14 bits per heavy atom. The second-order valence-corrected chi connectivity index (χ2v) is 20.3. The molecule has 4 aromatic heterocycles. The number of imidazole rings is 1. The van der Waals surface area contributed by atoms with Gasteiger partial charge in [-0.3, -0.25) is 8.97 Å². The summed E-state index contributed by atoms with van der Waals surface area (Å²) in [5, 5.41) is 10.5. The molecule has 8 aromatic carbocycles. The maximum atomic E-state index is 17.5. The van der Waals surface area contributed by atoms with Crippen molar-refractivity contribution in [1.82, 2.24) is 18.9 Å². The smallest absolute Gasteiger partial charge is 0.184 e. The molecule has 64 heavy (non-hydrogen) atoms. The van der Waals surface area contributed by atoms with E-state index < -0.39 is 14.2 Å². The first kappa shape index (κ1) is 36.5. The zero-order chi connectivity index (χ0) is 42.4. The molecule has 13 rings (SSSR count). The van der Waals surface area contributed by atoms with Gasteiger partial charge in [-0.1, -0.05) is 146 Å². The number of aromatic nitrogens is 4. The number of pyridine rings is 2. The van der Waals surface area contributed by atoms with Crippen molar-refractivity contribution < 1.29 is 4.39 Å². The Labute approximate surface area is 369 Å². The minimum atomic E-state index is -3.13. The molecule has 0 saturated heterocycles. The summed E-state index contributed by atoms with van der Waals surface area (Å²) in [7, 11) is -3.13.